The lowest BCUT2D eigenvalue weighted by atomic mass is 10.2. The van der Waals surface area contributed by atoms with E-state index in [9.17, 15) is 4.79 Å². The van der Waals surface area contributed by atoms with Gasteiger partial charge >= 0.3 is 0 Å². The van der Waals surface area contributed by atoms with Crippen LogP contribution >= 0.6 is 23.4 Å². The zero-order valence-corrected chi connectivity index (χ0v) is 16.8. The van der Waals surface area contributed by atoms with Gasteiger partial charge in [-0.25, -0.2) is 0 Å². The first kappa shape index (κ1) is 19.5. The molecule has 1 heterocycles. The number of amides is 1. The van der Waals surface area contributed by atoms with Gasteiger partial charge in [-0.05, 0) is 49.1 Å². The van der Waals surface area contributed by atoms with Gasteiger partial charge in [0.05, 0.1) is 5.56 Å². The summed E-state index contributed by atoms with van der Waals surface area (Å²) < 4.78 is 5.35. The van der Waals surface area contributed by atoms with E-state index >= 15 is 0 Å². The molecule has 3 rings (SSSR count). The second-order valence-corrected chi connectivity index (χ2v) is 7.51. The normalized spacial score (nSPS) is 10.8. The zero-order chi connectivity index (χ0) is 19.2. The fourth-order valence-corrected chi connectivity index (χ4v) is 3.54. The summed E-state index contributed by atoms with van der Waals surface area (Å²) in [5.41, 5.74) is 1.51. The predicted molar refractivity (Wildman–Crippen MR) is 108 cm³/mol. The number of nitrogens with zero attached hydrogens (tertiary/aromatic N) is 3. The molecule has 2 aromatic carbocycles. The first-order chi connectivity index (χ1) is 13.1. The average molecular weight is 402 g/mol. The quantitative estimate of drug-likeness (QED) is 0.511. The Hall–Kier alpha value is -2.31. The number of carbonyl (C=O) groups excluding carboxylic acids is 1. The lowest BCUT2D eigenvalue weighted by Gasteiger charge is -2.20. The minimum Gasteiger partial charge on any atom is -0.337 e. The van der Waals surface area contributed by atoms with Crippen molar-refractivity contribution in [2.45, 2.75) is 25.3 Å². The van der Waals surface area contributed by atoms with Gasteiger partial charge in [0, 0.05) is 22.0 Å². The third kappa shape index (κ3) is 4.70. The molecular formula is C20H20ClN3O2S. The number of benzene rings is 2. The van der Waals surface area contributed by atoms with E-state index in [1.54, 1.807) is 28.8 Å². The molecule has 0 atom stereocenters. The van der Waals surface area contributed by atoms with Gasteiger partial charge < -0.3 is 9.42 Å². The van der Waals surface area contributed by atoms with E-state index in [0.717, 1.165) is 16.2 Å². The van der Waals surface area contributed by atoms with Crippen molar-refractivity contribution in [1.29, 1.82) is 0 Å². The Morgan fingerprint density at radius 3 is 2.59 bits per heavy atom. The highest BCUT2D eigenvalue weighted by Gasteiger charge is 2.20. The molecule has 0 radical (unpaired) electrons. The molecule has 27 heavy (non-hydrogen) atoms. The molecule has 0 aliphatic heterocycles. The van der Waals surface area contributed by atoms with E-state index < -0.39 is 0 Å². The van der Waals surface area contributed by atoms with Crippen LogP contribution in [0.15, 0.2) is 57.9 Å². The lowest BCUT2D eigenvalue weighted by Crippen LogP contribution is -2.30. The molecule has 0 aliphatic carbocycles. The van der Waals surface area contributed by atoms with Crippen LogP contribution in [0.25, 0.3) is 11.4 Å². The summed E-state index contributed by atoms with van der Waals surface area (Å²) in [6.07, 6.45) is 0. The number of halogens is 1. The summed E-state index contributed by atoms with van der Waals surface area (Å²) in [5, 5.41) is 4.66. The molecule has 0 unspecified atom stereocenters. The SMILES string of the molecule is CCSc1ccccc1C(=O)N(CC)Cc1nc(-c2ccc(Cl)cc2)no1. The van der Waals surface area contributed by atoms with Crippen LogP contribution in [0.5, 0.6) is 0 Å². The van der Waals surface area contributed by atoms with Crippen molar-refractivity contribution in [2.75, 3.05) is 12.3 Å². The molecule has 0 saturated carbocycles. The molecule has 3 aromatic rings. The van der Waals surface area contributed by atoms with E-state index in [1.165, 1.54) is 0 Å². The van der Waals surface area contributed by atoms with Crippen molar-refractivity contribution in [1.82, 2.24) is 15.0 Å². The summed E-state index contributed by atoms with van der Waals surface area (Å²) in [6.45, 7) is 4.81. The minimum atomic E-state index is -0.0414. The summed E-state index contributed by atoms with van der Waals surface area (Å²) in [5.74, 6) is 1.74. The molecule has 0 aliphatic rings. The maximum Gasteiger partial charge on any atom is 0.255 e. The van der Waals surface area contributed by atoms with Crippen LogP contribution in [0.2, 0.25) is 5.02 Å². The highest BCUT2D eigenvalue weighted by Crippen LogP contribution is 2.24. The number of rotatable bonds is 7. The highest BCUT2D eigenvalue weighted by atomic mass is 35.5. The van der Waals surface area contributed by atoms with Crippen LogP contribution in [0, 0.1) is 0 Å². The number of hydrogen-bond acceptors (Lipinski definition) is 5. The summed E-state index contributed by atoms with van der Waals surface area (Å²) in [6, 6.07) is 14.9. The highest BCUT2D eigenvalue weighted by molar-refractivity contribution is 7.99. The Morgan fingerprint density at radius 2 is 1.89 bits per heavy atom. The first-order valence-corrected chi connectivity index (χ1v) is 10.1. The van der Waals surface area contributed by atoms with E-state index in [2.05, 4.69) is 17.1 Å². The Kier molecular flexibility index (Phi) is 6.53. The molecule has 0 saturated heterocycles. The van der Waals surface area contributed by atoms with E-state index in [1.807, 2.05) is 43.3 Å². The van der Waals surface area contributed by atoms with Crippen LogP contribution < -0.4 is 0 Å². The topological polar surface area (TPSA) is 59.2 Å². The van der Waals surface area contributed by atoms with E-state index in [4.69, 9.17) is 16.1 Å². The van der Waals surface area contributed by atoms with Gasteiger partial charge in [-0.2, -0.15) is 4.98 Å². The molecular weight excluding hydrogens is 382 g/mol. The van der Waals surface area contributed by atoms with Crippen molar-refractivity contribution in [3.05, 3.63) is 65.0 Å². The molecule has 1 aromatic heterocycles. The second-order valence-electron chi connectivity index (χ2n) is 5.77. The lowest BCUT2D eigenvalue weighted by molar-refractivity contribution is 0.0731. The predicted octanol–water partition coefficient (Wildman–Crippen LogP) is 5.16. The van der Waals surface area contributed by atoms with Gasteiger partial charge in [0.15, 0.2) is 0 Å². The van der Waals surface area contributed by atoms with Crippen molar-refractivity contribution in [2.24, 2.45) is 0 Å². The summed E-state index contributed by atoms with van der Waals surface area (Å²) in [7, 11) is 0. The van der Waals surface area contributed by atoms with Crippen LogP contribution in [-0.2, 0) is 6.54 Å². The maximum absolute atomic E-state index is 13.0. The largest absolute Gasteiger partial charge is 0.337 e. The van der Waals surface area contributed by atoms with Crippen LogP contribution in [0.4, 0.5) is 0 Å². The third-order valence-electron chi connectivity index (χ3n) is 3.98. The van der Waals surface area contributed by atoms with Gasteiger partial charge in [0.2, 0.25) is 11.7 Å². The van der Waals surface area contributed by atoms with Gasteiger partial charge in [-0.3, -0.25) is 4.79 Å². The Balaban J connectivity index is 1.77. The Morgan fingerprint density at radius 1 is 1.15 bits per heavy atom. The molecule has 7 heteroatoms. The van der Waals surface area contributed by atoms with Crippen molar-refractivity contribution in [3.8, 4) is 11.4 Å². The van der Waals surface area contributed by atoms with E-state index in [-0.39, 0.29) is 12.5 Å². The molecule has 140 valence electrons. The number of aromatic nitrogens is 2. The number of thioether (sulfide) groups is 1. The molecule has 5 nitrogen and oxygen atoms in total. The standard InChI is InChI=1S/C20H20ClN3O2S/c1-3-24(20(25)16-7-5-6-8-17(16)27-4-2)13-18-22-19(23-26-18)14-9-11-15(21)12-10-14/h5-12H,3-4,13H2,1-2H3. The Labute approximate surface area is 167 Å². The summed E-state index contributed by atoms with van der Waals surface area (Å²) >= 11 is 7.57. The first-order valence-electron chi connectivity index (χ1n) is 8.72. The van der Waals surface area contributed by atoms with Gasteiger partial charge in [-0.15, -0.1) is 11.8 Å². The monoisotopic (exact) mass is 401 g/mol. The van der Waals surface area contributed by atoms with Crippen LogP contribution in [0.1, 0.15) is 30.1 Å². The third-order valence-corrected chi connectivity index (χ3v) is 5.19. The fourth-order valence-electron chi connectivity index (χ4n) is 2.62. The molecule has 0 N–H and O–H groups in total. The van der Waals surface area contributed by atoms with Crippen LogP contribution in [0.3, 0.4) is 0 Å². The van der Waals surface area contributed by atoms with Crippen LogP contribution in [-0.4, -0.2) is 33.2 Å². The van der Waals surface area contributed by atoms with Crippen molar-refractivity contribution < 1.29 is 9.32 Å². The molecule has 0 fully saturated rings. The smallest absolute Gasteiger partial charge is 0.255 e. The molecule has 0 spiro atoms. The number of hydrogen-bond donors (Lipinski definition) is 0. The molecule has 1 amide bonds. The minimum absolute atomic E-state index is 0.0414. The molecule has 0 bridgehead atoms. The van der Waals surface area contributed by atoms with Gasteiger partial charge in [0.1, 0.15) is 6.54 Å². The van der Waals surface area contributed by atoms with E-state index in [0.29, 0.717) is 28.8 Å². The Bertz CT molecular complexity index is 912. The zero-order valence-electron chi connectivity index (χ0n) is 15.2. The van der Waals surface area contributed by atoms with Gasteiger partial charge in [0.25, 0.3) is 5.91 Å². The summed E-state index contributed by atoms with van der Waals surface area (Å²) in [4.78, 5) is 20.1. The second kappa shape index (κ2) is 9.06. The average Bonchev–Trinajstić information content (AvgIpc) is 3.15. The van der Waals surface area contributed by atoms with Gasteiger partial charge in [-0.1, -0.05) is 35.8 Å². The number of carbonyl (C=O) groups is 1. The fraction of sp³-hybridized carbons (Fsp3) is 0.250. The van der Waals surface area contributed by atoms with Crippen molar-refractivity contribution >= 4 is 29.3 Å². The maximum atomic E-state index is 13.0. The van der Waals surface area contributed by atoms with Crippen molar-refractivity contribution in [3.63, 3.8) is 0 Å².